The second-order valence-corrected chi connectivity index (χ2v) is 6.58. The number of fused-ring (bicyclic) bond motifs is 1. The normalized spacial score (nSPS) is 25.0. The summed E-state index contributed by atoms with van der Waals surface area (Å²) >= 11 is 0. The zero-order chi connectivity index (χ0) is 14.4. The van der Waals surface area contributed by atoms with Crippen LogP contribution in [0.5, 0.6) is 0 Å². The van der Waals surface area contributed by atoms with Crippen molar-refractivity contribution < 1.29 is 9.90 Å². The lowest BCUT2D eigenvalue weighted by molar-refractivity contribution is -0.140. The summed E-state index contributed by atoms with van der Waals surface area (Å²) in [6, 6.07) is 0. The van der Waals surface area contributed by atoms with Crippen molar-refractivity contribution in [2.75, 3.05) is 18.0 Å². The molecule has 1 atom stereocenters. The number of carboxylic acid groups (broad SMARTS) is 1. The number of aliphatic carboxylic acids is 1. The number of carbonyl (C=O) groups is 1. The molecular weight excluding hydrogens is 266 g/mol. The summed E-state index contributed by atoms with van der Waals surface area (Å²) in [4.78, 5) is 23.0. The Kier molecular flexibility index (Phi) is 3.08. The van der Waals surface area contributed by atoms with Gasteiger partial charge in [0.2, 0.25) is 0 Å². The molecule has 3 aliphatic rings. The van der Waals surface area contributed by atoms with Crippen molar-refractivity contribution in [2.24, 2.45) is 5.92 Å². The van der Waals surface area contributed by atoms with E-state index in [0.717, 1.165) is 37.4 Å². The summed E-state index contributed by atoms with van der Waals surface area (Å²) in [7, 11) is 0. The average Bonchev–Trinajstić information content (AvgIpc) is 3.23. The zero-order valence-corrected chi connectivity index (χ0v) is 12.2. The Bertz CT molecular complexity index is 583. The molecule has 0 aromatic carbocycles. The third-order valence-corrected chi connectivity index (χ3v) is 4.96. The van der Waals surface area contributed by atoms with Crippen LogP contribution in [0.1, 0.15) is 55.1 Å². The Labute approximate surface area is 124 Å². The van der Waals surface area contributed by atoms with Crippen molar-refractivity contribution in [3.05, 3.63) is 17.1 Å². The Hall–Kier alpha value is -1.65. The largest absolute Gasteiger partial charge is 0.481 e. The topological polar surface area (TPSA) is 66.3 Å². The van der Waals surface area contributed by atoms with Gasteiger partial charge in [0.05, 0.1) is 5.92 Å². The summed E-state index contributed by atoms with van der Waals surface area (Å²) in [6.07, 6.45) is 7.65. The molecule has 1 aromatic rings. The van der Waals surface area contributed by atoms with Crippen LogP contribution in [0.2, 0.25) is 0 Å². The van der Waals surface area contributed by atoms with Gasteiger partial charge in [-0.05, 0) is 44.9 Å². The van der Waals surface area contributed by atoms with E-state index < -0.39 is 5.97 Å². The predicted octanol–water partition coefficient (Wildman–Crippen LogP) is 2.14. The Morgan fingerprint density at radius 2 is 1.95 bits per heavy atom. The fraction of sp³-hybridized carbons (Fsp3) is 0.688. The van der Waals surface area contributed by atoms with Gasteiger partial charge >= 0.3 is 5.97 Å². The van der Waals surface area contributed by atoms with Crippen LogP contribution < -0.4 is 4.90 Å². The van der Waals surface area contributed by atoms with Crippen LogP contribution in [0.15, 0.2) is 0 Å². The number of hydrogen-bond acceptors (Lipinski definition) is 4. The van der Waals surface area contributed by atoms with E-state index in [1.165, 1.54) is 36.9 Å². The summed E-state index contributed by atoms with van der Waals surface area (Å²) < 4.78 is 0. The number of aryl methyl sites for hydroxylation is 1. The van der Waals surface area contributed by atoms with E-state index in [4.69, 9.17) is 9.97 Å². The van der Waals surface area contributed by atoms with E-state index in [2.05, 4.69) is 4.90 Å². The van der Waals surface area contributed by atoms with Crippen molar-refractivity contribution in [1.29, 1.82) is 0 Å². The van der Waals surface area contributed by atoms with Gasteiger partial charge in [0, 0.05) is 30.3 Å². The zero-order valence-electron chi connectivity index (χ0n) is 12.2. The predicted molar refractivity (Wildman–Crippen MR) is 78.6 cm³/mol. The van der Waals surface area contributed by atoms with E-state index in [-0.39, 0.29) is 5.92 Å². The van der Waals surface area contributed by atoms with Gasteiger partial charge in [0.1, 0.15) is 11.6 Å². The molecule has 1 unspecified atom stereocenters. The summed E-state index contributed by atoms with van der Waals surface area (Å²) in [6.45, 7) is 1.41. The molecule has 2 fully saturated rings. The maximum Gasteiger partial charge on any atom is 0.308 e. The molecule has 1 aromatic heterocycles. The lowest BCUT2D eigenvalue weighted by Gasteiger charge is -2.25. The first-order chi connectivity index (χ1) is 10.2. The summed E-state index contributed by atoms with van der Waals surface area (Å²) in [5.41, 5.74) is 2.52. The third-order valence-electron chi connectivity index (χ3n) is 4.96. The minimum atomic E-state index is -0.678. The van der Waals surface area contributed by atoms with E-state index >= 15 is 0 Å². The monoisotopic (exact) mass is 287 g/mol. The first-order valence-corrected chi connectivity index (χ1v) is 8.10. The molecule has 1 saturated heterocycles. The van der Waals surface area contributed by atoms with Gasteiger partial charge in [-0.3, -0.25) is 4.79 Å². The van der Waals surface area contributed by atoms with Crippen LogP contribution in [0.3, 0.4) is 0 Å². The second kappa shape index (κ2) is 4.97. The van der Waals surface area contributed by atoms with E-state index in [0.29, 0.717) is 12.5 Å². The molecule has 4 rings (SSSR count). The Morgan fingerprint density at radius 1 is 1.14 bits per heavy atom. The maximum absolute atomic E-state index is 11.2. The summed E-state index contributed by atoms with van der Waals surface area (Å²) in [5.74, 6) is 1.68. The lowest BCUT2D eigenvalue weighted by atomic mass is 9.96. The van der Waals surface area contributed by atoms with Gasteiger partial charge in [-0.2, -0.15) is 0 Å². The first-order valence-electron chi connectivity index (χ1n) is 8.10. The fourth-order valence-corrected chi connectivity index (χ4v) is 3.53. The fourth-order valence-electron chi connectivity index (χ4n) is 3.53. The van der Waals surface area contributed by atoms with Gasteiger partial charge in [-0.15, -0.1) is 0 Å². The molecule has 2 heterocycles. The highest BCUT2D eigenvalue weighted by Crippen LogP contribution is 2.40. The molecule has 21 heavy (non-hydrogen) atoms. The SMILES string of the molecule is O=C(O)C1CCN(c2nc(C3CC3)nc3c2CCCC3)C1. The van der Waals surface area contributed by atoms with Crippen molar-refractivity contribution in [3.63, 3.8) is 0 Å². The van der Waals surface area contributed by atoms with Crippen LogP contribution >= 0.6 is 0 Å². The first kappa shape index (κ1) is 13.0. The number of aromatic nitrogens is 2. The minimum Gasteiger partial charge on any atom is -0.481 e. The Balaban J connectivity index is 1.69. The number of anilines is 1. The quantitative estimate of drug-likeness (QED) is 0.922. The van der Waals surface area contributed by atoms with Crippen LogP contribution in [-0.4, -0.2) is 34.1 Å². The second-order valence-electron chi connectivity index (χ2n) is 6.58. The molecule has 0 radical (unpaired) electrons. The van der Waals surface area contributed by atoms with E-state index in [1.54, 1.807) is 0 Å². The molecule has 0 bridgehead atoms. The van der Waals surface area contributed by atoms with Gasteiger partial charge in [0.15, 0.2) is 0 Å². The number of carboxylic acids is 1. The maximum atomic E-state index is 11.2. The molecular formula is C16H21N3O2. The van der Waals surface area contributed by atoms with Gasteiger partial charge < -0.3 is 10.0 Å². The average molecular weight is 287 g/mol. The van der Waals surface area contributed by atoms with Crippen molar-refractivity contribution >= 4 is 11.8 Å². The van der Waals surface area contributed by atoms with Crippen LogP contribution in [0, 0.1) is 5.92 Å². The lowest BCUT2D eigenvalue weighted by Crippen LogP contribution is -2.26. The Morgan fingerprint density at radius 3 is 2.67 bits per heavy atom. The standard InChI is InChI=1S/C16H21N3O2/c20-16(21)11-7-8-19(9-11)15-12-3-1-2-4-13(12)17-14(18-15)10-5-6-10/h10-11H,1-9H2,(H,20,21). The van der Waals surface area contributed by atoms with Crippen molar-refractivity contribution in [2.45, 2.75) is 50.9 Å². The van der Waals surface area contributed by atoms with Crippen LogP contribution in [-0.2, 0) is 17.6 Å². The van der Waals surface area contributed by atoms with Crippen molar-refractivity contribution in [3.8, 4) is 0 Å². The van der Waals surface area contributed by atoms with Crippen LogP contribution in [0.25, 0.3) is 0 Å². The van der Waals surface area contributed by atoms with E-state index in [1.807, 2.05) is 0 Å². The van der Waals surface area contributed by atoms with Crippen molar-refractivity contribution in [1.82, 2.24) is 9.97 Å². The molecule has 5 heteroatoms. The molecule has 2 aliphatic carbocycles. The molecule has 0 amide bonds. The number of hydrogen-bond donors (Lipinski definition) is 1. The smallest absolute Gasteiger partial charge is 0.308 e. The summed E-state index contributed by atoms with van der Waals surface area (Å²) in [5, 5.41) is 9.21. The van der Waals surface area contributed by atoms with Gasteiger partial charge in [-0.1, -0.05) is 0 Å². The molecule has 5 nitrogen and oxygen atoms in total. The molecule has 0 spiro atoms. The third kappa shape index (κ3) is 2.39. The van der Waals surface area contributed by atoms with Gasteiger partial charge in [-0.25, -0.2) is 9.97 Å². The highest BCUT2D eigenvalue weighted by atomic mass is 16.4. The minimum absolute atomic E-state index is 0.247. The highest BCUT2D eigenvalue weighted by Gasteiger charge is 2.34. The van der Waals surface area contributed by atoms with Crippen LogP contribution in [0.4, 0.5) is 5.82 Å². The molecule has 1 N–H and O–H groups in total. The molecule has 1 aliphatic heterocycles. The number of nitrogens with zero attached hydrogens (tertiary/aromatic N) is 3. The molecule has 1 saturated carbocycles. The highest BCUT2D eigenvalue weighted by molar-refractivity contribution is 5.72. The number of rotatable bonds is 3. The molecule has 112 valence electrons. The van der Waals surface area contributed by atoms with E-state index in [9.17, 15) is 9.90 Å². The van der Waals surface area contributed by atoms with Gasteiger partial charge in [0.25, 0.3) is 0 Å².